The standard InChI is InChI=1S/C6H7.Sn.H/c1-6-4-2-3-5-6;;/h2,4H,3H2,1H3;;. The molecular formula is C6H8Sn. The summed E-state index contributed by atoms with van der Waals surface area (Å²) >= 11 is 1.31. The van der Waals surface area contributed by atoms with Gasteiger partial charge in [0.15, 0.2) is 0 Å². The van der Waals surface area contributed by atoms with Crippen LogP contribution in [0.1, 0.15) is 13.3 Å². The third kappa shape index (κ3) is 1.09. The van der Waals surface area contributed by atoms with Crippen molar-refractivity contribution in [2.24, 2.45) is 0 Å². The molecule has 0 aromatic heterocycles. The molecule has 0 aliphatic heterocycles. The summed E-state index contributed by atoms with van der Waals surface area (Å²) in [6.45, 7) is 2.18. The zero-order valence-electron chi connectivity index (χ0n) is 4.44. The average Bonchev–Trinajstić information content (AvgIpc) is 1.91. The van der Waals surface area contributed by atoms with Crippen molar-refractivity contribution in [3.8, 4) is 0 Å². The first-order valence-electron chi connectivity index (χ1n) is 2.42. The van der Waals surface area contributed by atoms with E-state index in [1.165, 1.54) is 34.5 Å². The van der Waals surface area contributed by atoms with Crippen molar-refractivity contribution in [2.75, 3.05) is 0 Å². The van der Waals surface area contributed by atoms with E-state index < -0.39 is 0 Å². The Balaban J connectivity index is 2.79. The molecule has 7 heavy (non-hydrogen) atoms. The Kier molecular flexibility index (Phi) is 1.57. The van der Waals surface area contributed by atoms with Gasteiger partial charge in [-0.2, -0.15) is 0 Å². The molecular weight excluding hydrogens is 191 g/mol. The first kappa shape index (κ1) is 5.42. The zero-order chi connectivity index (χ0) is 5.28. The fourth-order valence-electron chi connectivity index (χ4n) is 0.631. The van der Waals surface area contributed by atoms with Gasteiger partial charge in [0.25, 0.3) is 0 Å². The summed E-state index contributed by atoms with van der Waals surface area (Å²) in [4.78, 5) is 0. The molecule has 1 heteroatoms. The van der Waals surface area contributed by atoms with Gasteiger partial charge in [-0.05, 0) is 0 Å². The fourth-order valence-corrected chi connectivity index (χ4v) is 1.29. The van der Waals surface area contributed by atoms with Crippen molar-refractivity contribution in [3.63, 3.8) is 0 Å². The van der Waals surface area contributed by atoms with Crippen LogP contribution in [0.5, 0.6) is 0 Å². The second kappa shape index (κ2) is 2.03. The first-order chi connectivity index (χ1) is 3.30. The van der Waals surface area contributed by atoms with E-state index in [2.05, 4.69) is 19.1 Å². The second-order valence-electron chi connectivity index (χ2n) is 1.81. The molecule has 0 bridgehead atoms. The van der Waals surface area contributed by atoms with E-state index in [4.69, 9.17) is 0 Å². The predicted molar refractivity (Wildman–Crippen MR) is 33.6 cm³/mol. The number of hydrogen-bond acceptors (Lipinski definition) is 0. The van der Waals surface area contributed by atoms with E-state index in [9.17, 15) is 0 Å². The molecule has 0 saturated carbocycles. The average molecular weight is 199 g/mol. The van der Waals surface area contributed by atoms with Crippen molar-refractivity contribution >= 4 is 22.5 Å². The molecule has 0 nitrogen and oxygen atoms in total. The Morgan fingerprint density at radius 2 is 2.43 bits per heavy atom. The van der Waals surface area contributed by atoms with Crippen molar-refractivity contribution in [1.29, 1.82) is 0 Å². The molecule has 0 amide bonds. The SMILES string of the molecule is CC1=[C]([SnH])CC=C1. The third-order valence-electron chi connectivity index (χ3n) is 1.21. The van der Waals surface area contributed by atoms with Crippen LogP contribution < -0.4 is 0 Å². The van der Waals surface area contributed by atoms with Gasteiger partial charge in [0.1, 0.15) is 0 Å². The van der Waals surface area contributed by atoms with Gasteiger partial charge < -0.3 is 0 Å². The van der Waals surface area contributed by atoms with Crippen LogP contribution in [0.3, 0.4) is 0 Å². The molecule has 0 heterocycles. The number of rotatable bonds is 0. The number of allylic oxidation sites excluding steroid dienone is 4. The van der Waals surface area contributed by atoms with Gasteiger partial charge in [0, 0.05) is 0 Å². The minimum absolute atomic E-state index is 1.23. The normalized spacial score (nSPS) is 19.1. The third-order valence-corrected chi connectivity index (χ3v) is 3.18. The first-order valence-corrected chi connectivity index (χ1v) is 4.07. The van der Waals surface area contributed by atoms with E-state index in [1.54, 1.807) is 3.59 Å². The molecule has 0 spiro atoms. The quantitative estimate of drug-likeness (QED) is 0.512. The topological polar surface area (TPSA) is 0 Å². The summed E-state index contributed by atoms with van der Waals surface area (Å²) in [7, 11) is 0. The Morgan fingerprint density at radius 1 is 1.71 bits per heavy atom. The van der Waals surface area contributed by atoms with Crippen LogP contribution in [0.25, 0.3) is 0 Å². The Morgan fingerprint density at radius 3 is 2.57 bits per heavy atom. The van der Waals surface area contributed by atoms with E-state index >= 15 is 0 Å². The zero-order valence-corrected chi connectivity index (χ0v) is 7.73. The van der Waals surface area contributed by atoms with E-state index in [0.717, 1.165) is 0 Å². The van der Waals surface area contributed by atoms with Crippen LogP contribution >= 0.6 is 0 Å². The van der Waals surface area contributed by atoms with Crippen molar-refractivity contribution < 1.29 is 0 Å². The molecule has 1 rings (SSSR count). The van der Waals surface area contributed by atoms with Crippen molar-refractivity contribution in [3.05, 3.63) is 21.3 Å². The molecule has 1 aliphatic carbocycles. The fraction of sp³-hybridized carbons (Fsp3) is 0.333. The van der Waals surface area contributed by atoms with Gasteiger partial charge in [0.2, 0.25) is 0 Å². The maximum absolute atomic E-state index is 2.23. The van der Waals surface area contributed by atoms with Crippen LogP contribution in [-0.4, -0.2) is 22.5 Å². The minimum atomic E-state index is 1.23. The molecule has 0 saturated heterocycles. The van der Waals surface area contributed by atoms with Crippen LogP contribution in [0.2, 0.25) is 0 Å². The number of hydrogen-bond donors (Lipinski definition) is 0. The Hall–Kier alpha value is 0.279. The predicted octanol–water partition coefficient (Wildman–Crippen LogP) is 1.12. The van der Waals surface area contributed by atoms with E-state index in [1.807, 2.05) is 0 Å². The van der Waals surface area contributed by atoms with Crippen LogP contribution in [0.4, 0.5) is 0 Å². The monoisotopic (exact) mass is 200 g/mol. The second-order valence-corrected chi connectivity index (χ2v) is 3.80. The summed E-state index contributed by atoms with van der Waals surface area (Å²) < 4.78 is 1.64. The molecule has 36 valence electrons. The molecule has 0 atom stereocenters. The molecule has 2 radical (unpaired) electrons. The molecule has 1 aliphatic rings. The molecule has 0 fully saturated rings. The van der Waals surface area contributed by atoms with Gasteiger partial charge >= 0.3 is 57.2 Å². The van der Waals surface area contributed by atoms with Gasteiger partial charge in [-0.1, -0.05) is 0 Å². The molecule has 0 unspecified atom stereocenters. The van der Waals surface area contributed by atoms with Gasteiger partial charge in [-0.15, -0.1) is 0 Å². The Bertz CT molecular complexity index is 131. The summed E-state index contributed by atoms with van der Waals surface area (Å²) in [6, 6.07) is 0. The summed E-state index contributed by atoms with van der Waals surface area (Å²) in [5.41, 5.74) is 1.50. The van der Waals surface area contributed by atoms with Crippen LogP contribution in [0, 0.1) is 0 Å². The summed E-state index contributed by atoms with van der Waals surface area (Å²) in [5, 5.41) is 0. The maximum atomic E-state index is 2.23. The van der Waals surface area contributed by atoms with E-state index in [-0.39, 0.29) is 0 Å². The molecule has 0 aromatic rings. The van der Waals surface area contributed by atoms with Gasteiger partial charge in [-0.25, -0.2) is 0 Å². The summed E-state index contributed by atoms with van der Waals surface area (Å²) in [6.07, 6.45) is 5.67. The summed E-state index contributed by atoms with van der Waals surface area (Å²) in [5.74, 6) is 0. The molecule has 0 N–H and O–H groups in total. The van der Waals surface area contributed by atoms with E-state index in [0.29, 0.717) is 0 Å². The van der Waals surface area contributed by atoms with Gasteiger partial charge in [-0.3, -0.25) is 0 Å². The van der Waals surface area contributed by atoms with Crippen molar-refractivity contribution in [1.82, 2.24) is 0 Å². The van der Waals surface area contributed by atoms with Crippen LogP contribution in [0.15, 0.2) is 21.3 Å². The van der Waals surface area contributed by atoms with Crippen molar-refractivity contribution in [2.45, 2.75) is 13.3 Å². The Labute approximate surface area is 57.4 Å². The molecule has 0 aromatic carbocycles. The van der Waals surface area contributed by atoms with Crippen LogP contribution in [-0.2, 0) is 0 Å². The van der Waals surface area contributed by atoms with Gasteiger partial charge in [0.05, 0.1) is 0 Å².